The number of carbonyl (C=O) groups excluding carboxylic acids is 1. The number of aromatic nitrogens is 2. The van der Waals surface area contributed by atoms with Crippen molar-refractivity contribution in [1.82, 2.24) is 15.0 Å². The number of aryl methyl sites for hydroxylation is 2. The summed E-state index contributed by atoms with van der Waals surface area (Å²) in [5.74, 6) is 0.501. The van der Waals surface area contributed by atoms with E-state index in [-0.39, 0.29) is 11.8 Å². The molecule has 1 N–H and O–H groups in total. The Morgan fingerprint density at radius 1 is 1.46 bits per heavy atom. The number of thiazole rings is 1. The predicted molar refractivity (Wildman–Crippen MR) is 98.5 cm³/mol. The van der Waals surface area contributed by atoms with E-state index in [1.807, 2.05) is 32.0 Å². The zero-order valence-corrected chi connectivity index (χ0v) is 15.3. The molecule has 1 aliphatic rings. The number of nitriles is 1. The lowest BCUT2D eigenvalue weighted by molar-refractivity contribution is -0.119. The first-order valence-electron chi connectivity index (χ1n) is 8.35. The van der Waals surface area contributed by atoms with E-state index in [1.165, 1.54) is 11.3 Å². The largest absolute Gasteiger partial charge is 0.361 e. The number of carbonyl (C=O) groups is 1. The van der Waals surface area contributed by atoms with E-state index >= 15 is 0 Å². The summed E-state index contributed by atoms with van der Waals surface area (Å²) in [6.07, 6.45) is 2.78. The van der Waals surface area contributed by atoms with Crippen molar-refractivity contribution in [2.45, 2.75) is 20.3 Å². The quantitative estimate of drug-likeness (QED) is 0.714. The minimum absolute atomic E-state index is 0.0827. The van der Waals surface area contributed by atoms with Gasteiger partial charge in [-0.25, -0.2) is 4.98 Å². The fraction of sp³-hybridized carbons (Fsp3) is 0.333. The molecular weight excluding hydrogens is 350 g/mol. The number of nitrogens with one attached hydrogen (secondary N) is 1. The van der Waals surface area contributed by atoms with Crippen LogP contribution in [0.15, 0.2) is 22.7 Å². The van der Waals surface area contributed by atoms with Gasteiger partial charge in [-0.3, -0.25) is 4.79 Å². The van der Waals surface area contributed by atoms with E-state index in [1.54, 1.807) is 4.90 Å². The second kappa shape index (κ2) is 6.42. The van der Waals surface area contributed by atoms with E-state index < -0.39 is 0 Å². The number of nitrogens with zero attached hydrogens (tertiary/aromatic N) is 4. The third-order valence-corrected chi connectivity index (χ3v) is 5.67. The molecule has 0 aliphatic carbocycles. The van der Waals surface area contributed by atoms with Crippen molar-refractivity contribution < 1.29 is 9.32 Å². The summed E-state index contributed by atoms with van der Waals surface area (Å²) in [6.45, 7) is 4.90. The van der Waals surface area contributed by atoms with Gasteiger partial charge >= 0.3 is 0 Å². The van der Waals surface area contributed by atoms with Crippen LogP contribution in [0.5, 0.6) is 0 Å². The molecule has 26 heavy (non-hydrogen) atoms. The molecular formula is C18H17N5O2S. The number of fused-ring (bicyclic) bond motifs is 1. The number of likely N-dealkylation sites (tertiary alicyclic amines) is 1. The maximum absolute atomic E-state index is 12.5. The molecule has 0 saturated carbocycles. The number of rotatable bonds is 3. The van der Waals surface area contributed by atoms with E-state index in [4.69, 9.17) is 9.78 Å². The van der Waals surface area contributed by atoms with Crippen LogP contribution in [0.4, 0.5) is 5.13 Å². The average Bonchev–Trinajstić information content (AvgIpc) is 3.33. The molecule has 1 aromatic carbocycles. The Bertz CT molecular complexity index is 1010. The molecule has 0 spiro atoms. The van der Waals surface area contributed by atoms with E-state index in [9.17, 15) is 4.79 Å². The van der Waals surface area contributed by atoms with Gasteiger partial charge in [-0.1, -0.05) is 28.6 Å². The van der Waals surface area contributed by atoms with Crippen LogP contribution in [0.3, 0.4) is 0 Å². The van der Waals surface area contributed by atoms with Crippen molar-refractivity contribution in [3.8, 4) is 17.3 Å². The highest BCUT2D eigenvalue weighted by Crippen LogP contribution is 2.37. The Morgan fingerprint density at radius 2 is 2.31 bits per heavy atom. The maximum Gasteiger partial charge on any atom is 0.231 e. The lowest BCUT2D eigenvalue weighted by atomic mass is 10.0. The third kappa shape index (κ3) is 2.80. The first-order valence-corrected chi connectivity index (χ1v) is 9.17. The standard InChI is InChI=1S/C18H17N5O2S/c1-10-15(11(2)25-22-10)13-4-3-5-14-16(13)26-18(20-14)21-17(24)12-6-7-23(8-12)9-19/h3-5,12H,6-8H2,1-2H3,(H,20,21,24)/t12-/m0/s1. The van der Waals surface area contributed by atoms with Crippen LogP contribution in [0.2, 0.25) is 0 Å². The Morgan fingerprint density at radius 3 is 3.00 bits per heavy atom. The smallest absolute Gasteiger partial charge is 0.231 e. The Hall–Kier alpha value is -2.92. The molecule has 7 nitrogen and oxygen atoms in total. The molecule has 2 aromatic heterocycles. The second-order valence-electron chi connectivity index (χ2n) is 6.39. The maximum atomic E-state index is 12.5. The van der Waals surface area contributed by atoms with Gasteiger partial charge in [0.15, 0.2) is 11.3 Å². The van der Waals surface area contributed by atoms with Crippen LogP contribution < -0.4 is 5.32 Å². The fourth-order valence-electron chi connectivity index (χ4n) is 3.34. The predicted octanol–water partition coefficient (Wildman–Crippen LogP) is 3.31. The zero-order valence-electron chi connectivity index (χ0n) is 14.4. The monoisotopic (exact) mass is 367 g/mol. The molecule has 1 saturated heterocycles. The van der Waals surface area contributed by atoms with Crippen molar-refractivity contribution in [3.05, 3.63) is 29.7 Å². The van der Waals surface area contributed by atoms with E-state index in [2.05, 4.69) is 21.7 Å². The summed E-state index contributed by atoms with van der Waals surface area (Å²) in [4.78, 5) is 18.6. The van der Waals surface area contributed by atoms with Gasteiger partial charge in [0, 0.05) is 24.2 Å². The first kappa shape index (κ1) is 16.5. The normalized spacial score (nSPS) is 16.8. The van der Waals surface area contributed by atoms with Gasteiger partial charge in [0.2, 0.25) is 5.91 Å². The molecule has 1 amide bonds. The third-order valence-electron chi connectivity index (χ3n) is 4.65. The minimum atomic E-state index is -0.177. The molecule has 1 atom stereocenters. The van der Waals surface area contributed by atoms with Crippen LogP contribution in [0.1, 0.15) is 17.9 Å². The number of anilines is 1. The van der Waals surface area contributed by atoms with Crippen molar-refractivity contribution in [2.75, 3.05) is 18.4 Å². The SMILES string of the molecule is Cc1noc(C)c1-c1cccc2nc(NC(=O)[C@H]3CCN(C#N)C3)sc12. The summed E-state index contributed by atoms with van der Waals surface area (Å²) in [7, 11) is 0. The summed E-state index contributed by atoms with van der Waals surface area (Å²) in [5.41, 5.74) is 3.63. The number of hydrogen-bond acceptors (Lipinski definition) is 7. The molecule has 0 radical (unpaired) electrons. The van der Waals surface area contributed by atoms with E-state index in [0.29, 0.717) is 24.6 Å². The van der Waals surface area contributed by atoms with Gasteiger partial charge in [-0.05, 0) is 26.3 Å². The molecule has 132 valence electrons. The van der Waals surface area contributed by atoms with Crippen molar-refractivity contribution >= 4 is 32.6 Å². The first-order chi connectivity index (χ1) is 12.6. The Kier molecular flexibility index (Phi) is 4.09. The average molecular weight is 367 g/mol. The zero-order chi connectivity index (χ0) is 18.3. The highest BCUT2D eigenvalue weighted by molar-refractivity contribution is 7.22. The molecule has 1 aliphatic heterocycles. The highest BCUT2D eigenvalue weighted by atomic mass is 32.1. The second-order valence-corrected chi connectivity index (χ2v) is 7.39. The molecule has 0 bridgehead atoms. The van der Waals surface area contributed by atoms with Crippen LogP contribution >= 0.6 is 11.3 Å². The lowest BCUT2D eigenvalue weighted by Crippen LogP contribution is -2.25. The molecule has 3 heterocycles. The summed E-state index contributed by atoms with van der Waals surface area (Å²) >= 11 is 1.44. The van der Waals surface area contributed by atoms with Crippen LogP contribution in [-0.4, -0.2) is 34.0 Å². The Balaban J connectivity index is 1.64. The van der Waals surface area contributed by atoms with Crippen LogP contribution in [0.25, 0.3) is 21.3 Å². The molecule has 1 fully saturated rings. The van der Waals surface area contributed by atoms with Gasteiger partial charge in [0.05, 0.1) is 21.8 Å². The summed E-state index contributed by atoms with van der Waals surface area (Å²) in [6, 6.07) is 5.88. The van der Waals surface area contributed by atoms with Gasteiger partial charge in [0.25, 0.3) is 0 Å². The van der Waals surface area contributed by atoms with E-state index in [0.717, 1.165) is 32.8 Å². The van der Waals surface area contributed by atoms with Gasteiger partial charge in [-0.15, -0.1) is 0 Å². The molecule has 0 unspecified atom stereocenters. The lowest BCUT2D eigenvalue weighted by Gasteiger charge is -2.08. The molecule has 3 aromatic rings. The Labute approximate surface area is 154 Å². The van der Waals surface area contributed by atoms with Gasteiger partial charge in [0.1, 0.15) is 5.76 Å². The minimum Gasteiger partial charge on any atom is -0.361 e. The van der Waals surface area contributed by atoms with Crippen LogP contribution in [0, 0.1) is 31.2 Å². The molecule has 4 rings (SSSR count). The summed E-state index contributed by atoms with van der Waals surface area (Å²) < 4.78 is 6.28. The van der Waals surface area contributed by atoms with Crippen molar-refractivity contribution in [2.24, 2.45) is 5.92 Å². The van der Waals surface area contributed by atoms with Crippen molar-refractivity contribution in [1.29, 1.82) is 5.26 Å². The molecule has 8 heteroatoms. The fourth-order valence-corrected chi connectivity index (χ4v) is 4.33. The number of hydrogen-bond donors (Lipinski definition) is 1. The van der Waals surface area contributed by atoms with Gasteiger partial charge < -0.3 is 14.7 Å². The van der Waals surface area contributed by atoms with Crippen LogP contribution in [-0.2, 0) is 4.79 Å². The topological polar surface area (TPSA) is 95.1 Å². The number of benzene rings is 1. The summed E-state index contributed by atoms with van der Waals surface area (Å²) in [5, 5.41) is 16.5. The van der Waals surface area contributed by atoms with Gasteiger partial charge in [-0.2, -0.15) is 5.26 Å². The highest BCUT2D eigenvalue weighted by Gasteiger charge is 2.28. The number of amides is 1. The van der Waals surface area contributed by atoms with Crippen molar-refractivity contribution in [3.63, 3.8) is 0 Å².